The van der Waals surface area contributed by atoms with Crippen LogP contribution in [0.1, 0.15) is 59.3 Å². The summed E-state index contributed by atoms with van der Waals surface area (Å²) in [6, 6.07) is 2.89. The highest BCUT2D eigenvalue weighted by Gasteiger charge is 2.33. The highest BCUT2D eigenvalue weighted by Crippen LogP contribution is 2.29. The average molecular weight is 208 g/mol. The van der Waals surface area contributed by atoms with Crippen LogP contribution in [-0.2, 0) is 0 Å². The Morgan fingerprint density at radius 1 is 1.20 bits per heavy atom. The molecule has 0 bridgehead atoms. The summed E-state index contributed by atoms with van der Waals surface area (Å²) in [5, 5.41) is 12.8. The van der Waals surface area contributed by atoms with Gasteiger partial charge in [0.1, 0.15) is 0 Å². The summed E-state index contributed by atoms with van der Waals surface area (Å²) < 4.78 is 0. The largest absolute Gasteiger partial charge is 0.307 e. The van der Waals surface area contributed by atoms with Crippen molar-refractivity contribution in [2.75, 3.05) is 0 Å². The summed E-state index contributed by atoms with van der Waals surface area (Å²) in [4.78, 5) is 0. The fraction of sp³-hybridized carbons (Fsp3) is 0.923. The van der Waals surface area contributed by atoms with Gasteiger partial charge in [-0.2, -0.15) is 5.26 Å². The van der Waals surface area contributed by atoms with Gasteiger partial charge in [-0.15, -0.1) is 0 Å². The third-order valence-electron chi connectivity index (χ3n) is 4.20. The van der Waals surface area contributed by atoms with Crippen LogP contribution >= 0.6 is 0 Å². The van der Waals surface area contributed by atoms with Gasteiger partial charge >= 0.3 is 0 Å². The molecule has 1 N–H and O–H groups in total. The Morgan fingerprint density at radius 2 is 1.80 bits per heavy atom. The van der Waals surface area contributed by atoms with Crippen molar-refractivity contribution >= 4 is 0 Å². The Labute approximate surface area is 94.1 Å². The van der Waals surface area contributed by atoms with E-state index in [4.69, 9.17) is 5.26 Å². The van der Waals surface area contributed by atoms with Crippen LogP contribution in [0.3, 0.4) is 0 Å². The predicted octanol–water partition coefficient (Wildman–Crippen LogP) is 3.24. The molecular weight excluding hydrogens is 184 g/mol. The van der Waals surface area contributed by atoms with E-state index in [9.17, 15) is 0 Å². The quantitative estimate of drug-likeness (QED) is 0.753. The van der Waals surface area contributed by atoms with E-state index < -0.39 is 0 Å². The normalized spacial score (nSPS) is 26.5. The Balaban J connectivity index is 2.62. The molecule has 2 heteroatoms. The second kappa shape index (κ2) is 5.51. The average Bonchev–Trinajstić information content (AvgIpc) is 2.73. The van der Waals surface area contributed by atoms with E-state index in [1.807, 2.05) is 0 Å². The van der Waals surface area contributed by atoms with Crippen LogP contribution < -0.4 is 5.32 Å². The van der Waals surface area contributed by atoms with Gasteiger partial charge in [-0.1, -0.05) is 27.2 Å². The fourth-order valence-corrected chi connectivity index (χ4v) is 2.74. The SMILES string of the molecule is CCC(CC)(CC)NC1CCCC1C#N. The van der Waals surface area contributed by atoms with E-state index in [0.717, 1.165) is 25.7 Å². The third-order valence-corrected chi connectivity index (χ3v) is 4.20. The van der Waals surface area contributed by atoms with Crippen LogP contribution in [0.25, 0.3) is 0 Å². The first-order chi connectivity index (χ1) is 7.21. The standard InChI is InChI=1S/C13H24N2/c1-4-13(5-2,6-3)15-12-9-7-8-11(12)10-14/h11-12,15H,4-9H2,1-3H3. The molecule has 2 nitrogen and oxygen atoms in total. The van der Waals surface area contributed by atoms with Gasteiger partial charge in [0, 0.05) is 11.6 Å². The summed E-state index contributed by atoms with van der Waals surface area (Å²) in [6.45, 7) is 6.74. The zero-order valence-electron chi connectivity index (χ0n) is 10.3. The smallest absolute Gasteiger partial charge is 0.0672 e. The van der Waals surface area contributed by atoms with E-state index >= 15 is 0 Å². The van der Waals surface area contributed by atoms with Crippen LogP contribution in [0.4, 0.5) is 0 Å². The molecule has 0 aromatic heterocycles. The number of nitrogens with zero attached hydrogens (tertiary/aromatic N) is 1. The predicted molar refractivity (Wildman–Crippen MR) is 63.5 cm³/mol. The van der Waals surface area contributed by atoms with Crippen molar-refractivity contribution in [2.45, 2.75) is 70.9 Å². The molecule has 2 atom stereocenters. The molecule has 1 aliphatic rings. The number of nitriles is 1. The summed E-state index contributed by atoms with van der Waals surface area (Å²) in [6.07, 6.45) is 6.96. The van der Waals surface area contributed by atoms with Crippen molar-refractivity contribution in [2.24, 2.45) is 5.92 Å². The number of rotatable bonds is 5. The molecule has 2 unspecified atom stereocenters. The maximum Gasteiger partial charge on any atom is 0.0672 e. The number of hydrogen-bond donors (Lipinski definition) is 1. The molecule has 0 heterocycles. The maximum absolute atomic E-state index is 9.06. The summed E-state index contributed by atoms with van der Waals surface area (Å²) in [5.41, 5.74) is 0.268. The molecule has 0 aromatic rings. The molecule has 1 fully saturated rings. The Kier molecular flexibility index (Phi) is 4.60. The first-order valence-corrected chi connectivity index (χ1v) is 6.38. The van der Waals surface area contributed by atoms with Gasteiger partial charge in [0.2, 0.25) is 0 Å². The lowest BCUT2D eigenvalue weighted by Crippen LogP contribution is -2.50. The van der Waals surface area contributed by atoms with Gasteiger partial charge < -0.3 is 5.32 Å². The molecule has 0 amide bonds. The first-order valence-electron chi connectivity index (χ1n) is 6.38. The van der Waals surface area contributed by atoms with Crippen molar-refractivity contribution in [3.8, 4) is 6.07 Å². The molecule has 0 saturated heterocycles. The second-order valence-electron chi connectivity index (χ2n) is 4.76. The Hall–Kier alpha value is -0.550. The van der Waals surface area contributed by atoms with Crippen molar-refractivity contribution in [1.29, 1.82) is 5.26 Å². The van der Waals surface area contributed by atoms with Crippen molar-refractivity contribution in [3.63, 3.8) is 0 Å². The number of hydrogen-bond acceptors (Lipinski definition) is 2. The van der Waals surface area contributed by atoms with E-state index in [2.05, 4.69) is 32.2 Å². The van der Waals surface area contributed by atoms with Crippen LogP contribution in [0.15, 0.2) is 0 Å². The van der Waals surface area contributed by atoms with Gasteiger partial charge in [-0.05, 0) is 32.1 Å². The van der Waals surface area contributed by atoms with E-state index in [0.29, 0.717) is 6.04 Å². The van der Waals surface area contributed by atoms with Crippen molar-refractivity contribution in [3.05, 3.63) is 0 Å². The van der Waals surface area contributed by atoms with E-state index in [1.165, 1.54) is 12.8 Å². The summed E-state index contributed by atoms with van der Waals surface area (Å²) >= 11 is 0. The van der Waals surface area contributed by atoms with Crippen LogP contribution in [0.5, 0.6) is 0 Å². The molecule has 0 aromatic carbocycles. The molecule has 0 aliphatic heterocycles. The Morgan fingerprint density at radius 3 is 2.27 bits per heavy atom. The van der Waals surface area contributed by atoms with Gasteiger partial charge in [0.25, 0.3) is 0 Å². The van der Waals surface area contributed by atoms with Crippen LogP contribution in [0, 0.1) is 17.2 Å². The molecular formula is C13H24N2. The summed E-state index contributed by atoms with van der Waals surface area (Å²) in [5.74, 6) is 0.244. The zero-order chi connectivity index (χ0) is 11.3. The molecule has 86 valence electrons. The van der Waals surface area contributed by atoms with Crippen LogP contribution in [-0.4, -0.2) is 11.6 Å². The van der Waals surface area contributed by atoms with E-state index in [1.54, 1.807) is 0 Å². The molecule has 15 heavy (non-hydrogen) atoms. The lowest BCUT2D eigenvalue weighted by molar-refractivity contribution is 0.243. The maximum atomic E-state index is 9.06. The monoisotopic (exact) mass is 208 g/mol. The summed E-state index contributed by atoms with van der Waals surface area (Å²) in [7, 11) is 0. The minimum absolute atomic E-state index is 0.244. The minimum Gasteiger partial charge on any atom is -0.307 e. The van der Waals surface area contributed by atoms with Gasteiger partial charge in [0.15, 0.2) is 0 Å². The zero-order valence-corrected chi connectivity index (χ0v) is 10.3. The Bertz CT molecular complexity index is 217. The lowest BCUT2D eigenvalue weighted by Gasteiger charge is -2.36. The lowest BCUT2D eigenvalue weighted by atomic mass is 9.87. The highest BCUT2D eigenvalue weighted by molar-refractivity contribution is 5.00. The molecule has 0 radical (unpaired) electrons. The number of nitrogens with one attached hydrogen (secondary N) is 1. The van der Waals surface area contributed by atoms with Crippen molar-refractivity contribution < 1.29 is 0 Å². The molecule has 0 spiro atoms. The van der Waals surface area contributed by atoms with Gasteiger partial charge in [0.05, 0.1) is 12.0 Å². The molecule has 1 rings (SSSR count). The van der Waals surface area contributed by atoms with Gasteiger partial charge in [-0.25, -0.2) is 0 Å². The highest BCUT2D eigenvalue weighted by atomic mass is 15.0. The van der Waals surface area contributed by atoms with Crippen LogP contribution in [0.2, 0.25) is 0 Å². The topological polar surface area (TPSA) is 35.8 Å². The second-order valence-corrected chi connectivity index (χ2v) is 4.76. The van der Waals surface area contributed by atoms with Crippen molar-refractivity contribution in [1.82, 2.24) is 5.32 Å². The molecule has 1 aliphatic carbocycles. The molecule has 1 saturated carbocycles. The first kappa shape index (κ1) is 12.5. The third kappa shape index (κ3) is 2.72. The fourth-order valence-electron chi connectivity index (χ4n) is 2.74. The van der Waals surface area contributed by atoms with E-state index in [-0.39, 0.29) is 11.5 Å². The minimum atomic E-state index is 0.244. The van der Waals surface area contributed by atoms with Gasteiger partial charge in [-0.3, -0.25) is 0 Å².